The fourth-order valence-corrected chi connectivity index (χ4v) is 0.994. The summed E-state index contributed by atoms with van der Waals surface area (Å²) < 4.78 is 0. The maximum Gasteiger partial charge on any atom is 0.178 e. The van der Waals surface area contributed by atoms with E-state index in [1.54, 1.807) is 30.7 Å². The van der Waals surface area contributed by atoms with Crippen molar-refractivity contribution in [3.63, 3.8) is 0 Å². The second-order valence-corrected chi connectivity index (χ2v) is 2.80. The van der Waals surface area contributed by atoms with Gasteiger partial charge < -0.3 is 0 Å². The van der Waals surface area contributed by atoms with E-state index in [9.17, 15) is 0 Å². The van der Waals surface area contributed by atoms with Crippen LogP contribution in [0, 0.1) is 6.07 Å². The zero-order valence-corrected chi connectivity index (χ0v) is 7.36. The molecule has 0 spiro atoms. The molecule has 0 aliphatic rings. The van der Waals surface area contributed by atoms with Gasteiger partial charge in [-0.15, -0.1) is 0 Å². The van der Waals surface area contributed by atoms with Gasteiger partial charge in [-0.1, -0.05) is 17.7 Å². The summed E-state index contributed by atoms with van der Waals surface area (Å²) in [7, 11) is 0. The fourth-order valence-electron chi connectivity index (χ4n) is 0.897. The molecule has 3 nitrogen and oxygen atoms in total. The summed E-state index contributed by atoms with van der Waals surface area (Å²) >= 11 is 5.65. The van der Waals surface area contributed by atoms with Crippen LogP contribution in [-0.4, -0.2) is 15.0 Å². The van der Waals surface area contributed by atoms with Gasteiger partial charge in [-0.25, -0.2) is 9.97 Å². The first-order valence-electron chi connectivity index (χ1n) is 3.66. The lowest BCUT2D eigenvalue weighted by atomic mass is 10.3. The highest BCUT2D eigenvalue weighted by Gasteiger charge is 1.99. The summed E-state index contributed by atoms with van der Waals surface area (Å²) in [5, 5.41) is 0.520. The van der Waals surface area contributed by atoms with Crippen molar-refractivity contribution in [1.29, 1.82) is 0 Å². The number of halogens is 1. The second-order valence-electron chi connectivity index (χ2n) is 2.37. The molecule has 0 fully saturated rings. The minimum atomic E-state index is 0.520. The Morgan fingerprint density at radius 1 is 1.15 bits per heavy atom. The van der Waals surface area contributed by atoms with E-state index in [1.807, 2.05) is 0 Å². The van der Waals surface area contributed by atoms with Gasteiger partial charge in [0, 0.05) is 24.7 Å². The van der Waals surface area contributed by atoms with E-state index in [-0.39, 0.29) is 0 Å². The van der Waals surface area contributed by atoms with Gasteiger partial charge in [-0.2, -0.15) is 0 Å². The van der Waals surface area contributed by atoms with Gasteiger partial charge >= 0.3 is 0 Å². The Morgan fingerprint density at radius 2 is 1.92 bits per heavy atom. The molecule has 0 bridgehead atoms. The molecule has 0 saturated heterocycles. The number of pyridine rings is 1. The normalized spacial score (nSPS) is 9.92. The van der Waals surface area contributed by atoms with Crippen LogP contribution in [0.2, 0.25) is 5.02 Å². The van der Waals surface area contributed by atoms with Crippen molar-refractivity contribution in [2.45, 2.75) is 0 Å². The average molecular weight is 191 g/mol. The molecule has 0 atom stereocenters. The summed E-state index contributed by atoms with van der Waals surface area (Å²) in [6, 6.07) is 6.38. The van der Waals surface area contributed by atoms with E-state index < -0.39 is 0 Å². The number of hydrogen-bond acceptors (Lipinski definition) is 3. The van der Waals surface area contributed by atoms with Gasteiger partial charge in [0.05, 0.1) is 5.02 Å². The number of nitrogens with zero attached hydrogens (tertiary/aromatic N) is 3. The molecule has 1 radical (unpaired) electrons. The maximum absolute atomic E-state index is 5.65. The van der Waals surface area contributed by atoms with Crippen molar-refractivity contribution >= 4 is 11.6 Å². The molecule has 0 amide bonds. The van der Waals surface area contributed by atoms with Crippen molar-refractivity contribution in [3.8, 4) is 11.5 Å². The standard InChI is InChI=1S/C9H5ClN3/c10-7-5-12-9(13-6-7)8-3-1-2-4-11-8/h1,3-6H. The molecule has 4 heteroatoms. The summed E-state index contributed by atoms with van der Waals surface area (Å²) in [4.78, 5) is 12.1. The molecule has 2 aromatic heterocycles. The third-order valence-electron chi connectivity index (χ3n) is 1.47. The maximum atomic E-state index is 5.65. The monoisotopic (exact) mass is 190 g/mol. The molecule has 63 valence electrons. The van der Waals surface area contributed by atoms with Crippen molar-refractivity contribution in [2.75, 3.05) is 0 Å². The largest absolute Gasteiger partial charge is 0.252 e. The van der Waals surface area contributed by atoms with Gasteiger partial charge in [0.25, 0.3) is 0 Å². The lowest BCUT2D eigenvalue weighted by Gasteiger charge is -1.96. The number of hydrogen-bond donors (Lipinski definition) is 0. The molecular weight excluding hydrogens is 186 g/mol. The summed E-state index contributed by atoms with van der Waals surface area (Å²) in [5.74, 6) is 0.568. The Hall–Kier alpha value is -1.48. The Bertz CT molecular complexity index is 385. The lowest BCUT2D eigenvalue weighted by Crippen LogP contribution is -1.89. The topological polar surface area (TPSA) is 38.7 Å². The van der Waals surface area contributed by atoms with E-state index in [2.05, 4.69) is 21.0 Å². The molecule has 0 aromatic carbocycles. The van der Waals surface area contributed by atoms with Crippen LogP contribution < -0.4 is 0 Å². The van der Waals surface area contributed by atoms with Crippen molar-refractivity contribution in [2.24, 2.45) is 0 Å². The number of aromatic nitrogens is 3. The predicted octanol–water partition coefficient (Wildman–Crippen LogP) is 1.99. The Kier molecular flexibility index (Phi) is 2.19. The van der Waals surface area contributed by atoms with Crippen LogP contribution in [0.15, 0.2) is 30.7 Å². The van der Waals surface area contributed by atoms with Gasteiger partial charge in [0.2, 0.25) is 0 Å². The first-order chi connectivity index (χ1) is 6.36. The van der Waals surface area contributed by atoms with Gasteiger partial charge in [-0.05, 0) is 6.07 Å². The van der Waals surface area contributed by atoms with Crippen molar-refractivity contribution in [3.05, 3.63) is 41.8 Å². The third-order valence-corrected chi connectivity index (χ3v) is 1.66. The molecule has 0 N–H and O–H groups in total. The molecule has 0 aliphatic heterocycles. The van der Waals surface area contributed by atoms with Gasteiger partial charge in [0.15, 0.2) is 5.82 Å². The van der Waals surface area contributed by atoms with E-state index in [4.69, 9.17) is 11.6 Å². The molecule has 2 heterocycles. The average Bonchev–Trinajstić information content (AvgIpc) is 2.20. The fraction of sp³-hybridized carbons (Fsp3) is 0. The Morgan fingerprint density at radius 3 is 2.54 bits per heavy atom. The van der Waals surface area contributed by atoms with Crippen molar-refractivity contribution in [1.82, 2.24) is 15.0 Å². The molecule has 0 saturated carbocycles. The zero-order valence-electron chi connectivity index (χ0n) is 6.61. The van der Waals surface area contributed by atoms with E-state index in [0.717, 1.165) is 5.69 Å². The minimum Gasteiger partial charge on any atom is -0.252 e. The zero-order chi connectivity index (χ0) is 9.10. The highest BCUT2D eigenvalue weighted by atomic mass is 35.5. The van der Waals surface area contributed by atoms with E-state index in [0.29, 0.717) is 10.8 Å². The SMILES string of the molecule is Clc1cnc(-c2cc[c]cn2)nc1. The molecule has 13 heavy (non-hydrogen) atoms. The first-order valence-corrected chi connectivity index (χ1v) is 4.04. The Labute approximate surface area is 80.5 Å². The summed E-state index contributed by atoms with van der Waals surface area (Å²) in [5.41, 5.74) is 0.718. The molecule has 2 aromatic rings. The van der Waals surface area contributed by atoms with Crippen LogP contribution in [0.4, 0.5) is 0 Å². The third kappa shape index (κ3) is 1.81. The number of rotatable bonds is 1. The van der Waals surface area contributed by atoms with Crippen LogP contribution in [0.5, 0.6) is 0 Å². The van der Waals surface area contributed by atoms with Gasteiger partial charge in [-0.3, -0.25) is 4.98 Å². The molecular formula is C9H5ClN3. The van der Waals surface area contributed by atoms with Crippen LogP contribution in [0.1, 0.15) is 0 Å². The minimum absolute atomic E-state index is 0.520. The first kappa shape index (κ1) is 8.13. The highest BCUT2D eigenvalue weighted by molar-refractivity contribution is 6.30. The van der Waals surface area contributed by atoms with E-state index in [1.165, 1.54) is 0 Å². The molecule has 0 unspecified atom stereocenters. The lowest BCUT2D eigenvalue weighted by molar-refractivity contribution is 1.14. The van der Waals surface area contributed by atoms with E-state index >= 15 is 0 Å². The van der Waals surface area contributed by atoms with Crippen LogP contribution in [-0.2, 0) is 0 Å². The van der Waals surface area contributed by atoms with Gasteiger partial charge in [0.1, 0.15) is 5.69 Å². The molecule has 2 rings (SSSR count). The second kappa shape index (κ2) is 3.49. The smallest absolute Gasteiger partial charge is 0.178 e. The van der Waals surface area contributed by atoms with Crippen molar-refractivity contribution < 1.29 is 0 Å². The summed E-state index contributed by atoms with van der Waals surface area (Å²) in [6.45, 7) is 0. The quantitative estimate of drug-likeness (QED) is 0.691. The van der Waals surface area contributed by atoms with Crippen LogP contribution in [0.3, 0.4) is 0 Å². The summed E-state index contributed by atoms with van der Waals surface area (Å²) in [6.07, 6.45) is 4.66. The Balaban J connectivity index is 2.42. The van der Waals surface area contributed by atoms with Crippen LogP contribution >= 0.6 is 11.6 Å². The predicted molar refractivity (Wildman–Crippen MR) is 49.1 cm³/mol. The molecule has 0 aliphatic carbocycles. The highest BCUT2D eigenvalue weighted by Crippen LogP contribution is 2.11. The van der Waals surface area contributed by atoms with Crippen LogP contribution in [0.25, 0.3) is 11.5 Å².